The van der Waals surface area contributed by atoms with Crippen LogP contribution in [0.1, 0.15) is 76.7 Å². The fraction of sp³-hybridized carbons (Fsp3) is 0.500. The molecule has 2 heteroatoms. The van der Waals surface area contributed by atoms with E-state index < -0.39 is 0 Å². The minimum absolute atomic E-state index is 0.126. The lowest BCUT2D eigenvalue weighted by atomic mass is 9.98. The maximum Gasteiger partial charge on any atom is 0.310 e. The van der Waals surface area contributed by atoms with E-state index in [0.29, 0.717) is 13.0 Å². The zero-order chi connectivity index (χ0) is 19.9. The Kier molecular flexibility index (Phi) is 11.1. The summed E-state index contributed by atoms with van der Waals surface area (Å²) >= 11 is 0. The first-order chi connectivity index (χ1) is 13.8. The summed E-state index contributed by atoms with van der Waals surface area (Å²) in [5, 5.41) is 0. The highest BCUT2D eigenvalue weighted by Crippen LogP contribution is 2.24. The Morgan fingerprint density at radius 2 is 1.29 bits per heavy atom. The largest absolute Gasteiger partial charge is 0.465 e. The van der Waals surface area contributed by atoms with Crippen molar-refractivity contribution >= 4 is 5.97 Å². The second kappa shape index (κ2) is 14.0. The first kappa shape index (κ1) is 22.2. The van der Waals surface area contributed by atoms with Crippen molar-refractivity contribution < 1.29 is 9.53 Å². The quantitative estimate of drug-likeness (QED) is 0.253. The van der Waals surface area contributed by atoms with Gasteiger partial charge < -0.3 is 4.74 Å². The molecule has 0 aliphatic heterocycles. The maximum atomic E-state index is 12.2. The van der Waals surface area contributed by atoms with Crippen LogP contribution >= 0.6 is 0 Å². The highest BCUT2D eigenvalue weighted by Gasteiger charge is 2.10. The van der Waals surface area contributed by atoms with E-state index in [0.717, 1.165) is 29.5 Å². The number of rotatable bonds is 14. The summed E-state index contributed by atoms with van der Waals surface area (Å²) in [5.74, 6) is -0.126. The van der Waals surface area contributed by atoms with Crippen LogP contribution < -0.4 is 0 Å². The van der Waals surface area contributed by atoms with Gasteiger partial charge in [-0.2, -0.15) is 0 Å². The van der Waals surface area contributed by atoms with Crippen LogP contribution in [-0.2, 0) is 16.0 Å². The van der Waals surface area contributed by atoms with Crippen LogP contribution in [0, 0.1) is 0 Å². The normalized spacial score (nSPS) is 10.8. The number of hydrogen-bond donors (Lipinski definition) is 0. The molecule has 0 radical (unpaired) electrons. The molecule has 2 rings (SSSR count). The maximum absolute atomic E-state index is 12.2. The van der Waals surface area contributed by atoms with Crippen LogP contribution in [0.3, 0.4) is 0 Å². The molecule has 0 atom stereocenters. The predicted molar refractivity (Wildman–Crippen MR) is 118 cm³/mol. The number of unbranched alkanes of at least 4 members (excludes halogenated alkanes) is 9. The number of hydrogen-bond acceptors (Lipinski definition) is 2. The molecular formula is C26H36O2. The van der Waals surface area contributed by atoms with E-state index in [2.05, 4.69) is 25.1 Å². The first-order valence-electron chi connectivity index (χ1n) is 11.1. The minimum atomic E-state index is -0.126. The molecule has 0 aromatic heterocycles. The molecule has 28 heavy (non-hydrogen) atoms. The van der Waals surface area contributed by atoms with Gasteiger partial charge in [0.15, 0.2) is 0 Å². The van der Waals surface area contributed by atoms with Gasteiger partial charge in [0.1, 0.15) is 0 Å². The summed E-state index contributed by atoms with van der Waals surface area (Å²) in [6.45, 7) is 2.80. The van der Waals surface area contributed by atoms with Crippen molar-refractivity contribution in [2.24, 2.45) is 0 Å². The molecule has 0 spiro atoms. The van der Waals surface area contributed by atoms with Gasteiger partial charge in [-0.1, -0.05) is 119 Å². The van der Waals surface area contributed by atoms with E-state index in [1.54, 1.807) is 0 Å². The van der Waals surface area contributed by atoms with Crippen molar-refractivity contribution in [1.82, 2.24) is 0 Å². The summed E-state index contributed by atoms with van der Waals surface area (Å²) in [4.78, 5) is 12.2. The Hall–Kier alpha value is -2.09. The fourth-order valence-corrected chi connectivity index (χ4v) is 3.56. The highest BCUT2D eigenvalue weighted by molar-refractivity contribution is 5.77. The van der Waals surface area contributed by atoms with Crippen LogP contribution in [0.4, 0.5) is 0 Å². The standard InChI is InChI=1S/C26H36O2/c1-2-3-4-5-6-7-8-9-10-16-21-28-26(27)22-24-19-14-15-20-25(24)23-17-12-11-13-18-23/h11-15,17-20H,2-10,16,21-22H2,1H3. The second-order valence-electron chi connectivity index (χ2n) is 7.60. The molecule has 0 saturated heterocycles. The summed E-state index contributed by atoms with van der Waals surface area (Å²) < 4.78 is 5.47. The van der Waals surface area contributed by atoms with Gasteiger partial charge in [0, 0.05) is 0 Å². The number of esters is 1. The third kappa shape index (κ3) is 8.73. The smallest absolute Gasteiger partial charge is 0.310 e. The Morgan fingerprint density at radius 3 is 1.96 bits per heavy atom. The Morgan fingerprint density at radius 1 is 0.714 bits per heavy atom. The topological polar surface area (TPSA) is 26.3 Å². The van der Waals surface area contributed by atoms with Gasteiger partial charge in [-0.15, -0.1) is 0 Å². The van der Waals surface area contributed by atoms with Crippen molar-refractivity contribution in [3.05, 3.63) is 60.2 Å². The molecule has 2 nitrogen and oxygen atoms in total. The molecule has 2 aromatic carbocycles. The molecule has 0 amide bonds. The van der Waals surface area contributed by atoms with E-state index >= 15 is 0 Å². The third-order valence-corrected chi connectivity index (χ3v) is 5.20. The monoisotopic (exact) mass is 380 g/mol. The highest BCUT2D eigenvalue weighted by atomic mass is 16.5. The van der Waals surface area contributed by atoms with Gasteiger partial charge in [-0.05, 0) is 23.1 Å². The molecule has 0 unspecified atom stereocenters. The van der Waals surface area contributed by atoms with Gasteiger partial charge in [0.2, 0.25) is 0 Å². The molecule has 0 bridgehead atoms. The average molecular weight is 381 g/mol. The van der Waals surface area contributed by atoms with E-state index in [1.165, 1.54) is 51.4 Å². The van der Waals surface area contributed by atoms with Crippen molar-refractivity contribution in [3.63, 3.8) is 0 Å². The zero-order valence-electron chi connectivity index (χ0n) is 17.5. The molecule has 0 aliphatic rings. The van der Waals surface area contributed by atoms with E-state index in [-0.39, 0.29) is 5.97 Å². The summed E-state index contributed by atoms with van der Waals surface area (Å²) in [6, 6.07) is 18.3. The zero-order valence-corrected chi connectivity index (χ0v) is 17.5. The van der Waals surface area contributed by atoms with Crippen LogP contribution in [0.25, 0.3) is 11.1 Å². The number of carbonyl (C=O) groups excluding carboxylic acids is 1. The molecule has 2 aromatic rings. The SMILES string of the molecule is CCCCCCCCCCCCOC(=O)Cc1ccccc1-c1ccccc1. The molecule has 0 heterocycles. The summed E-state index contributed by atoms with van der Waals surface area (Å²) in [6.07, 6.45) is 13.2. The predicted octanol–water partition coefficient (Wildman–Crippen LogP) is 7.36. The molecule has 0 aliphatic carbocycles. The lowest BCUT2D eigenvalue weighted by molar-refractivity contribution is -0.142. The first-order valence-corrected chi connectivity index (χ1v) is 11.1. The van der Waals surface area contributed by atoms with Crippen LogP contribution in [0.2, 0.25) is 0 Å². The lowest BCUT2D eigenvalue weighted by Gasteiger charge is -2.10. The molecule has 0 N–H and O–H groups in total. The fourth-order valence-electron chi connectivity index (χ4n) is 3.56. The van der Waals surface area contributed by atoms with Crippen LogP contribution in [-0.4, -0.2) is 12.6 Å². The van der Waals surface area contributed by atoms with Crippen LogP contribution in [0.5, 0.6) is 0 Å². The lowest BCUT2D eigenvalue weighted by Crippen LogP contribution is -2.09. The average Bonchev–Trinajstić information content (AvgIpc) is 2.73. The Bertz CT molecular complexity index is 663. The van der Waals surface area contributed by atoms with Gasteiger partial charge in [-0.3, -0.25) is 4.79 Å². The van der Waals surface area contributed by atoms with Crippen molar-refractivity contribution in [3.8, 4) is 11.1 Å². The molecule has 152 valence electrons. The summed E-state index contributed by atoms with van der Waals surface area (Å²) in [5.41, 5.74) is 3.28. The van der Waals surface area contributed by atoms with Crippen LogP contribution in [0.15, 0.2) is 54.6 Å². The van der Waals surface area contributed by atoms with Gasteiger partial charge >= 0.3 is 5.97 Å². The number of carbonyl (C=O) groups is 1. The van der Waals surface area contributed by atoms with Gasteiger partial charge in [0.05, 0.1) is 13.0 Å². The van der Waals surface area contributed by atoms with Crippen molar-refractivity contribution in [2.75, 3.05) is 6.61 Å². The van der Waals surface area contributed by atoms with E-state index in [1.807, 2.05) is 36.4 Å². The molecule has 0 fully saturated rings. The second-order valence-corrected chi connectivity index (χ2v) is 7.60. The number of ether oxygens (including phenoxy) is 1. The van der Waals surface area contributed by atoms with E-state index in [9.17, 15) is 4.79 Å². The van der Waals surface area contributed by atoms with Gasteiger partial charge in [-0.25, -0.2) is 0 Å². The minimum Gasteiger partial charge on any atom is -0.465 e. The third-order valence-electron chi connectivity index (χ3n) is 5.20. The van der Waals surface area contributed by atoms with Crippen molar-refractivity contribution in [2.45, 2.75) is 77.6 Å². The number of benzene rings is 2. The Labute approximate surface area is 171 Å². The van der Waals surface area contributed by atoms with Gasteiger partial charge in [0.25, 0.3) is 0 Å². The summed E-state index contributed by atoms with van der Waals surface area (Å²) in [7, 11) is 0. The molecular weight excluding hydrogens is 344 g/mol. The van der Waals surface area contributed by atoms with Crippen molar-refractivity contribution in [1.29, 1.82) is 0 Å². The van der Waals surface area contributed by atoms with E-state index in [4.69, 9.17) is 4.74 Å². The molecule has 0 saturated carbocycles. The Balaban J connectivity index is 1.60.